The van der Waals surface area contributed by atoms with Crippen LogP contribution in [0, 0.1) is 0 Å². The number of carboxylic acids is 1. The molecule has 14 heavy (non-hydrogen) atoms. The highest BCUT2D eigenvalue weighted by Crippen LogP contribution is 2.03. The number of carboxylic acid groups (broad SMARTS) is 1. The van der Waals surface area contributed by atoms with E-state index in [2.05, 4.69) is 6.92 Å². The summed E-state index contributed by atoms with van der Waals surface area (Å²) in [5, 5.41) is 8.32. The van der Waals surface area contributed by atoms with E-state index >= 15 is 0 Å². The maximum absolute atomic E-state index is 11.2. The maximum atomic E-state index is 11.2. The molecule has 0 aliphatic heterocycles. The molecule has 0 bridgehead atoms. The second-order valence-electron chi connectivity index (χ2n) is 3.36. The SMILES string of the molecule is CCCCCCS(=O)(=O)CCC(=O)O. The summed E-state index contributed by atoms with van der Waals surface area (Å²) in [6, 6.07) is 0. The number of carbonyl (C=O) groups is 1. The van der Waals surface area contributed by atoms with Gasteiger partial charge in [-0.2, -0.15) is 0 Å². The van der Waals surface area contributed by atoms with Gasteiger partial charge in [-0.05, 0) is 6.42 Å². The van der Waals surface area contributed by atoms with Crippen LogP contribution in [0.1, 0.15) is 39.0 Å². The summed E-state index contributed by atoms with van der Waals surface area (Å²) in [4.78, 5) is 10.2. The highest BCUT2D eigenvalue weighted by Gasteiger charge is 2.12. The molecule has 0 atom stereocenters. The predicted octanol–water partition coefficient (Wildman–Crippen LogP) is 1.46. The molecule has 0 aliphatic carbocycles. The Morgan fingerprint density at radius 1 is 1.14 bits per heavy atom. The van der Waals surface area contributed by atoms with Gasteiger partial charge in [0, 0.05) is 0 Å². The smallest absolute Gasteiger partial charge is 0.304 e. The molecule has 0 amide bonds. The first-order valence-corrected chi connectivity index (χ1v) is 6.72. The lowest BCUT2D eigenvalue weighted by molar-refractivity contribution is -0.136. The van der Waals surface area contributed by atoms with E-state index in [1.807, 2.05) is 0 Å². The summed E-state index contributed by atoms with van der Waals surface area (Å²) < 4.78 is 22.5. The Kier molecular flexibility index (Phi) is 6.53. The van der Waals surface area contributed by atoms with Gasteiger partial charge >= 0.3 is 5.97 Å². The minimum atomic E-state index is -3.14. The van der Waals surface area contributed by atoms with E-state index in [9.17, 15) is 13.2 Å². The van der Waals surface area contributed by atoms with Crippen LogP contribution < -0.4 is 0 Å². The molecule has 84 valence electrons. The van der Waals surface area contributed by atoms with Crippen LogP contribution in [0.5, 0.6) is 0 Å². The van der Waals surface area contributed by atoms with Gasteiger partial charge < -0.3 is 5.11 Å². The molecular weight excluding hydrogens is 204 g/mol. The molecule has 0 aliphatic rings. The number of hydrogen-bond acceptors (Lipinski definition) is 3. The lowest BCUT2D eigenvalue weighted by Gasteiger charge is -2.01. The van der Waals surface area contributed by atoms with Crippen LogP contribution in [-0.2, 0) is 14.6 Å². The summed E-state index contributed by atoms with van der Waals surface area (Å²) in [6.45, 7) is 2.05. The van der Waals surface area contributed by atoms with Crippen molar-refractivity contribution in [3.05, 3.63) is 0 Å². The van der Waals surface area contributed by atoms with Gasteiger partial charge in [0.05, 0.1) is 17.9 Å². The van der Waals surface area contributed by atoms with Gasteiger partial charge in [0.1, 0.15) is 0 Å². The maximum Gasteiger partial charge on any atom is 0.304 e. The van der Waals surface area contributed by atoms with Gasteiger partial charge in [0.25, 0.3) is 0 Å². The molecule has 0 radical (unpaired) electrons. The highest BCUT2D eigenvalue weighted by atomic mass is 32.2. The van der Waals surface area contributed by atoms with Crippen LogP contribution in [0.2, 0.25) is 0 Å². The fraction of sp³-hybridized carbons (Fsp3) is 0.889. The van der Waals surface area contributed by atoms with E-state index in [0.717, 1.165) is 19.3 Å². The van der Waals surface area contributed by atoms with Crippen molar-refractivity contribution in [2.75, 3.05) is 11.5 Å². The number of unbranched alkanes of at least 4 members (excludes halogenated alkanes) is 3. The normalized spacial score (nSPS) is 11.5. The number of sulfone groups is 1. The first kappa shape index (κ1) is 13.4. The van der Waals surface area contributed by atoms with Gasteiger partial charge in [-0.1, -0.05) is 26.2 Å². The third kappa shape index (κ3) is 8.04. The van der Waals surface area contributed by atoms with E-state index < -0.39 is 15.8 Å². The Labute approximate surface area is 85.2 Å². The fourth-order valence-electron chi connectivity index (χ4n) is 1.09. The number of aliphatic carboxylic acids is 1. The Balaban J connectivity index is 3.67. The Morgan fingerprint density at radius 2 is 1.79 bits per heavy atom. The zero-order chi connectivity index (χ0) is 11.0. The minimum absolute atomic E-state index is 0.125. The Hall–Kier alpha value is -0.580. The molecule has 0 spiro atoms. The lowest BCUT2D eigenvalue weighted by Crippen LogP contribution is -2.14. The molecular formula is C9H18O4S. The molecule has 0 saturated carbocycles. The predicted molar refractivity (Wildman–Crippen MR) is 55.0 cm³/mol. The van der Waals surface area contributed by atoms with Crippen LogP contribution >= 0.6 is 0 Å². The largest absolute Gasteiger partial charge is 0.481 e. The third-order valence-corrected chi connectivity index (χ3v) is 3.67. The van der Waals surface area contributed by atoms with Gasteiger partial charge in [0.15, 0.2) is 9.84 Å². The van der Waals surface area contributed by atoms with Crippen molar-refractivity contribution in [2.24, 2.45) is 0 Å². The third-order valence-electron chi connectivity index (χ3n) is 1.94. The van der Waals surface area contributed by atoms with Crippen LogP contribution in [0.3, 0.4) is 0 Å². The van der Waals surface area contributed by atoms with Crippen LogP contribution in [-0.4, -0.2) is 31.0 Å². The van der Waals surface area contributed by atoms with Crippen LogP contribution in [0.4, 0.5) is 0 Å². The van der Waals surface area contributed by atoms with Crippen molar-refractivity contribution in [3.8, 4) is 0 Å². The average Bonchev–Trinajstić information content (AvgIpc) is 2.10. The van der Waals surface area contributed by atoms with Gasteiger partial charge in [-0.3, -0.25) is 4.79 Å². The van der Waals surface area contributed by atoms with Crippen LogP contribution in [0.15, 0.2) is 0 Å². The second kappa shape index (κ2) is 6.81. The molecule has 0 saturated heterocycles. The summed E-state index contributed by atoms with van der Waals surface area (Å²) in [7, 11) is -3.14. The molecule has 4 nitrogen and oxygen atoms in total. The molecule has 0 aromatic carbocycles. The molecule has 1 N–H and O–H groups in total. The topological polar surface area (TPSA) is 71.4 Å². The molecule has 0 unspecified atom stereocenters. The van der Waals surface area contributed by atoms with Crippen molar-refractivity contribution in [3.63, 3.8) is 0 Å². The first-order chi connectivity index (χ1) is 6.48. The first-order valence-electron chi connectivity index (χ1n) is 4.90. The number of rotatable bonds is 8. The quantitative estimate of drug-likeness (QED) is 0.631. The summed E-state index contributed by atoms with van der Waals surface area (Å²) in [5.41, 5.74) is 0. The summed E-state index contributed by atoms with van der Waals surface area (Å²) in [5.74, 6) is -1.16. The highest BCUT2D eigenvalue weighted by molar-refractivity contribution is 7.91. The molecule has 0 fully saturated rings. The van der Waals surface area contributed by atoms with Crippen LogP contribution in [0.25, 0.3) is 0 Å². The van der Waals surface area contributed by atoms with Crippen molar-refractivity contribution in [2.45, 2.75) is 39.0 Å². The van der Waals surface area contributed by atoms with Gasteiger partial charge in [-0.15, -0.1) is 0 Å². The van der Waals surface area contributed by atoms with E-state index in [1.165, 1.54) is 0 Å². The van der Waals surface area contributed by atoms with E-state index in [0.29, 0.717) is 6.42 Å². The summed E-state index contributed by atoms with van der Waals surface area (Å²) in [6.07, 6.45) is 3.37. The van der Waals surface area contributed by atoms with Gasteiger partial charge in [-0.25, -0.2) is 8.42 Å². The molecule has 0 rings (SSSR count). The Bertz CT molecular complexity index is 256. The van der Waals surface area contributed by atoms with Crippen molar-refractivity contribution >= 4 is 15.8 Å². The van der Waals surface area contributed by atoms with Crippen molar-refractivity contribution in [1.29, 1.82) is 0 Å². The zero-order valence-electron chi connectivity index (χ0n) is 8.53. The van der Waals surface area contributed by atoms with Crippen molar-refractivity contribution < 1.29 is 18.3 Å². The van der Waals surface area contributed by atoms with Crippen molar-refractivity contribution in [1.82, 2.24) is 0 Å². The minimum Gasteiger partial charge on any atom is -0.481 e. The standard InChI is InChI=1S/C9H18O4S/c1-2-3-4-5-7-14(12,13)8-6-9(10)11/h2-8H2,1H3,(H,10,11). The molecule has 0 aromatic heterocycles. The fourth-order valence-corrected chi connectivity index (χ4v) is 2.43. The van der Waals surface area contributed by atoms with Gasteiger partial charge in [0.2, 0.25) is 0 Å². The zero-order valence-corrected chi connectivity index (χ0v) is 9.35. The lowest BCUT2D eigenvalue weighted by atomic mass is 10.2. The van der Waals surface area contributed by atoms with E-state index in [4.69, 9.17) is 5.11 Å². The molecule has 0 heterocycles. The molecule has 0 aromatic rings. The number of hydrogen-bond donors (Lipinski definition) is 1. The monoisotopic (exact) mass is 222 g/mol. The Morgan fingerprint density at radius 3 is 2.29 bits per heavy atom. The summed E-state index contributed by atoms with van der Waals surface area (Å²) >= 11 is 0. The average molecular weight is 222 g/mol. The van der Waals surface area contributed by atoms with E-state index in [1.54, 1.807) is 0 Å². The molecule has 5 heteroatoms. The second-order valence-corrected chi connectivity index (χ2v) is 5.66. The van der Waals surface area contributed by atoms with E-state index in [-0.39, 0.29) is 17.9 Å².